The van der Waals surface area contributed by atoms with Crippen molar-refractivity contribution in [2.24, 2.45) is 0 Å². The second kappa shape index (κ2) is 13.7. The third-order valence-corrected chi connectivity index (χ3v) is 6.84. The SMILES string of the molecule is C[N+]1(C)CCC(OC(=O)Nc2cc(CCC(=O)Nc3ccc(C=O)c(F)c3)ccc2-c2ccccc2)CC1.[I-]. The number of carbonyl (C=O) groups excluding carboxylic acids is 3. The highest BCUT2D eigenvalue weighted by atomic mass is 127. The van der Waals surface area contributed by atoms with Gasteiger partial charge in [0.2, 0.25) is 5.91 Å². The van der Waals surface area contributed by atoms with Gasteiger partial charge in [0.25, 0.3) is 0 Å². The first-order valence-corrected chi connectivity index (χ1v) is 12.7. The quantitative estimate of drug-likeness (QED) is 0.224. The van der Waals surface area contributed by atoms with Gasteiger partial charge in [-0.2, -0.15) is 0 Å². The van der Waals surface area contributed by atoms with Gasteiger partial charge in [-0.3, -0.25) is 14.9 Å². The number of likely N-dealkylation sites (tertiary alicyclic amines) is 1. The standard InChI is InChI=1S/C30H32FN3O4.HI/c1-34(2)16-14-25(15-17-34)38-30(37)33-28-18-21(8-12-26(28)22-6-4-3-5-7-22)9-13-29(36)32-24-11-10-23(20-35)27(31)19-24;/h3-8,10-12,18-20,25H,9,13-17H2,1-2H3,(H-,32,33,35,36,37);1H. The highest BCUT2D eigenvalue weighted by Crippen LogP contribution is 2.30. The summed E-state index contributed by atoms with van der Waals surface area (Å²) >= 11 is 0. The number of ether oxygens (including phenoxy) is 1. The molecule has 0 bridgehead atoms. The lowest BCUT2D eigenvalue weighted by Crippen LogP contribution is -3.00. The second-order valence-corrected chi connectivity index (χ2v) is 10.3. The fraction of sp³-hybridized carbons (Fsp3) is 0.300. The Hall–Kier alpha value is -3.31. The van der Waals surface area contributed by atoms with Gasteiger partial charge in [0.1, 0.15) is 11.9 Å². The molecule has 1 fully saturated rings. The van der Waals surface area contributed by atoms with Crippen molar-refractivity contribution in [2.75, 3.05) is 37.8 Å². The van der Waals surface area contributed by atoms with E-state index in [4.69, 9.17) is 4.74 Å². The van der Waals surface area contributed by atoms with Crippen LogP contribution in [0.3, 0.4) is 0 Å². The molecule has 0 spiro atoms. The molecule has 0 aromatic heterocycles. The van der Waals surface area contributed by atoms with Crippen molar-refractivity contribution in [2.45, 2.75) is 31.8 Å². The second-order valence-electron chi connectivity index (χ2n) is 10.3. The topological polar surface area (TPSA) is 84.5 Å². The molecule has 0 atom stereocenters. The molecule has 1 heterocycles. The number of hydrogen-bond donors (Lipinski definition) is 2. The smallest absolute Gasteiger partial charge is 0.411 e. The van der Waals surface area contributed by atoms with Gasteiger partial charge < -0.3 is 38.5 Å². The largest absolute Gasteiger partial charge is 1.00 e. The number of anilines is 2. The lowest BCUT2D eigenvalue weighted by atomic mass is 9.99. The third-order valence-electron chi connectivity index (χ3n) is 6.84. The van der Waals surface area contributed by atoms with Crippen molar-refractivity contribution in [1.29, 1.82) is 0 Å². The molecule has 206 valence electrons. The molecule has 3 aromatic carbocycles. The zero-order chi connectivity index (χ0) is 27.1. The number of halogens is 2. The summed E-state index contributed by atoms with van der Waals surface area (Å²) in [5.74, 6) is -0.976. The minimum absolute atomic E-state index is 0. The predicted octanol–water partition coefficient (Wildman–Crippen LogP) is 2.67. The van der Waals surface area contributed by atoms with Crippen LogP contribution in [0.4, 0.5) is 20.6 Å². The minimum Gasteiger partial charge on any atom is -1.00 e. The predicted molar refractivity (Wildman–Crippen MR) is 146 cm³/mol. The molecule has 2 N–H and O–H groups in total. The number of carbonyl (C=O) groups is 3. The molecule has 0 saturated carbocycles. The van der Waals surface area contributed by atoms with Crippen molar-refractivity contribution >= 4 is 29.7 Å². The van der Waals surface area contributed by atoms with Gasteiger partial charge in [-0.05, 0) is 41.8 Å². The number of hydrogen-bond acceptors (Lipinski definition) is 4. The number of nitrogens with one attached hydrogen (secondary N) is 2. The van der Waals surface area contributed by atoms with Crippen LogP contribution in [0.5, 0.6) is 0 Å². The van der Waals surface area contributed by atoms with Crippen molar-refractivity contribution in [3.8, 4) is 11.1 Å². The zero-order valence-electron chi connectivity index (χ0n) is 22.1. The van der Waals surface area contributed by atoms with Gasteiger partial charge in [-0.25, -0.2) is 9.18 Å². The normalized spacial score (nSPS) is 14.5. The van der Waals surface area contributed by atoms with E-state index in [9.17, 15) is 18.8 Å². The van der Waals surface area contributed by atoms with Crippen molar-refractivity contribution in [3.05, 3.63) is 83.7 Å². The first-order valence-electron chi connectivity index (χ1n) is 12.7. The van der Waals surface area contributed by atoms with E-state index in [1.165, 1.54) is 12.1 Å². The van der Waals surface area contributed by atoms with E-state index in [1.54, 1.807) is 0 Å². The van der Waals surface area contributed by atoms with E-state index >= 15 is 0 Å². The molecule has 2 amide bonds. The summed E-state index contributed by atoms with van der Waals surface area (Å²) in [6, 6.07) is 19.4. The van der Waals surface area contributed by atoms with Crippen molar-refractivity contribution in [3.63, 3.8) is 0 Å². The third kappa shape index (κ3) is 8.59. The molecular weight excluding hydrogens is 612 g/mol. The summed E-state index contributed by atoms with van der Waals surface area (Å²) in [5, 5.41) is 5.58. The Kier molecular flexibility index (Phi) is 10.6. The van der Waals surface area contributed by atoms with E-state index in [0.29, 0.717) is 18.4 Å². The lowest BCUT2D eigenvalue weighted by molar-refractivity contribution is -0.896. The van der Waals surface area contributed by atoms with Crippen LogP contribution >= 0.6 is 0 Å². The maximum absolute atomic E-state index is 13.8. The first kappa shape index (κ1) is 30.2. The molecule has 9 heteroatoms. The van der Waals surface area contributed by atoms with Crippen LogP contribution in [0.15, 0.2) is 66.7 Å². The molecule has 0 radical (unpaired) electrons. The minimum atomic E-state index is -0.687. The van der Waals surface area contributed by atoms with Crippen molar-refractivity contribution in [1.82, 2.24) is 0 Å². The van der Waals surface area contributed by atoms with Crippen LogP contribution in [0, 0.1) is 5.82 Å². The average Bonchev–Trinajstić information content (AvgIpc) is 2.89. The summed E-state index contributed by atoms with van der Waals surface area (Å²) in [6.07, 6.45) is 2.04. The maximum Gasteiger partial charge on any atom is 0.411 e. The molecule has 1 aliphatic rings. The van der Waals surface area contributed by atoms with Crippen LogP contribution in [0.25, 0.3) is 11.1 Å². The van der Waals surface area contributed by atoms with E-state index in [2.05, 4.69) is 24.7 Å². The van der Waals surface area contributed by atoms with Crippen LogP contribution in [-0.2, 0) is 16.0 Å². The van der Waals surface area contributed by atoms with Crippen LogP contribution in [-0.4, -0.2) is 56.1 Å². The molecule has 1 aliphatic heterocycles. The summed E-state index contributed by atoms with van der Waals surface area (Å²) in [7, 11) is 4.35. The lowest BCUT2D eigenvalue weighted by Gasteiger charge is -2.36. The number of amides is 2. The average molecular weight is 646 g/mol. The van der Waals surface area contributed by atoms with Gasteiger partial charge in [0, 0.05) is 30.5 Å². The Morgan fingerprint density at radius 2 is 1.72 bits per heavy atom. The zero-order valence-corrected chi connectivity index (χ0v) is 24.2. The van der Waals surface area contributed by atoms with E-state index < -0.39 is 11.9 Å². The summed E-state index contributed by atoms with van der Waals surface area (Å²) in [5.41, 5.74) is 3.48. The number of aryl methyl sites for hydroxylation is 1. The van der Waals surface area contributed by atoms with Crippen LogP contribution < -0.4 is 34.6 Å². The van der Waals surface area contributed by atoms with Crippen molar-refractivity contribution < 1.29 is 52.0 Å². The maximum atomic E-state index is 13.8. The molecule has 39 heavy (non-hydrogen) atoms. The first-order chi connectivity index (χ1) is 18.2. The highest BCUT2D eigenvalue weighted by molar-refractivity contribution is 5.93. The van der Waals surface area contributed by atoms with Gasteiger partial charge in [0.05, 0.1) is 38.4 Å². The summed E-state index contributed by atoms with van der Waals surface area (Å²) in [6.45, 7) is 1.91. The Balaban J connectivity index is 0.00000420. The van der Waals surface area contributed by atoms with Gasteiger partial charge in [0.15, 0.2) is 6.29 Å². The van der Waals surface area contributed by atoms with Gasteiger partial charge >= 0.3 is 6.09 Å². The number of piperidine rings is 1. The Morgan fingerprint density at radius 1 is 1.00 bits per heavy atom. The number of benzene rings is 3. The van der Waals surface area contributed by atoms with Gasteiger partial charge in [-0.1, -0.05) is 42.5 Å². The molecule has 7 nitrogen and oxygen atoms in total. The highest BCUT2D eigenvalue weighted by Gasteiger charge is 2.28. The molecule has 1 saturated heterocycles. The summed E-state index contributed by atoms with van der Waals surface area (Å²) in [4.78, 5) is 36.1. The van der Waals surface area contributed by atoms with Crippen LogP contribution in [0.1, 0.15) is 35.2 Å². The molecule has 0 aliphatic carbocycles. The molecule has 4 rings (SSSR count). The molecular formula is C30H33FIN3O4. The number of rotatable bonds is 8. The number of aldehydes is 1. The fourth-order valence-electron chi connectivity index (χ4n) is 4.55. The Morgan fingerprint density at radius 3 is 2.38 bits per heavy atom. The Labute approximate surface area is 245 Å². The van der Waals surface area contributed by atoms with E-state index in [1.807, 2.05) is 48.5 Å². The number of quaternary nitrogens is 1. The molecule has 3 aromatic rings. The van der Waals surface area contributed by atoms with Crippen LogP contribution in [0.2, 0.25) is 0 Å². The van der Waals surface area contributed by atoms with E-state index in [-0.39, 0.29) is 53.7 Å². The monoisotopic (exact) mass is 645 g/mol. The fourth-order valence-corrected chi connectivity index (χ4v) is 4.55. The number of nitrogens with zero attached hydrogens (tertiary/aromatic N) is 1. The Bertz CT molecular complexity index is 1310. The van der Waals surface area contributed by atoms with Gasteiger partial charge in [-0.15, -0.1) is 0 Å². The molecule has 0 unspecified atom stereocenters. The van der Waals surface area contributed by atoms with E-state index in [0.717, 1.165) is 53.2 Å². The summed E-state index contributed by atoms with van der Waals surface area (Å²) < 4.78 is 20.5.